The predicted octanol–water partition coefficient (Wildman–Crippen LogP) is 4.54. The van der Waals surface area contributed by atoms with Crippen LogP contribution in [0.3, 0.4) is 0 Å². The average Bonchev–Trinajstić information content (AvgIpc) is 2.97. The van der Waals surface area contributed by atoms with Crippen LogP contribution < -0.4 is 10.6 Å². The lowest BCUT2D eigenvalue weighted by Gasteiger charge is -2.36. The van der Waals surface area contributed by atoms with Crippen LogP contribution in [0.1, 0.15) is 76.2 Å². The molecule has 2 aromatic carbocycles. The molecule has 0 spiro atoms. The number of carbonyl (C=O) groups is 4. The van der Waals surface area contributed by atoms with Gasteiger partial charge in [0, 0.05) is 26.1 Å². The Kier molecular flexibility index (Phi) is 12.1. The zero-order chi connectivity index (χ0) is 35.1. The van der Waals surface area contributed by atoms with E-state index in [0.717, 1.165) is 24.9 Å². The summed E-state index contributed by atoms with van der Waals surface area (Å²) in [6, 6.07) is 13.8. The van der Waals surface area contributed by atoms with Gasteiger partial charge >= 0.3 is 24.1 Å². The molecule has 4 rings (SSSR count). The van der Waals surface area contributed by atoms with Gasteiger partial charge in [0.2, 0.25) is 0 Å². The van der Waals surface area contributed by atoms with Crippen LogP contribution in [0.4, 0.5) is 9.59 Å². The number of alkyl carbamates (subject to hydrolysis) is 2. The number of benzene rings is 2. The highest BCUT2D eigenvalue weighted by Crippen LogP contribution is 2.25. The molecule has 48 heavy (non-hydrogen) atoms. The summed E-state index contributed by atoms with van der Waals surface area (Å²) in [6.07, 6.45) is -0.133. The number of hydrogen-bond donors (Lipinski definition) is 2. The van der Waals surface area contributed by atoms with E-state index >= 15 is 0 Å². The predicted molar refractivity (Wildman–Crippen MR) is 179 cm³/mol. The summed E-state index contributed by atoms with van der Waals surface area (Å²) in [4.78, 5) is 56.8. The number of ether oxygens (including phenoxy) is 4. The Bertz CT molecular complexity index is 1420. The van der Waals surface area contributed by atoms with Gasteiger partial charge in [-0.1, -0.05) is 54.6 Å². The van der Waals surface area contributed by atoms with Crippen molar-refractivity contribution in [3.8, 4) is 0 Å². The summed E-state index contributed by atoms with van der Waals surface area (Å²) in [5.74, 6) is -1.14. The molecule has 0 bridgehead atoms. The molecule has 2 saturated heterocycles. The van der Waals surface area contributed by atoms with E-state index in [1.54, 1.807) is 77.1 Å². The zero-order valence-electron chi connectivity index (χ0n) is 29.1. The topological polar surface area (TPSA) is 136 Å². The number of likely N-dealkylation sites (N-methyl/N-ethyl adjacent to an activating group) is 2. The van der Waals surface area contributed by atoms with Crippen molar-refractivity contribution >= 4 is 24.1 Å². The van der Waals surface area contributed by atoms with Gasteiger partial charge in [0.05, 0.1) is 0 Å². The summed E-state index contributed by atoms with van der Waals surface area (Å²) in [5.41, 5.74) is 0.0403. The van der Waals surface area contributed by atoms with Crippen molar-refractivity contribution in [1.29, 1.82) is 0 Å². The maximum Gasteiger partial charge on any atom is 0.408 e. The van der Waals surface area contributed by atoms with E-state index in [1.807, 2.05) is 31.1 Å². The third kappa shape index (κ3) is 11.2. The minimum atomic E-state index is -1.12. The molecule has 2 fully saturated rings. The van der Waals surface area contributed by atoms with Gasteiger partial charge < -0.3 is 34.5 Å². The first-order valence-electron chi connectivity index (χ1n) is 16.5. The Balaban J connectivity index is 1.45. The van der Waals surface area contributed by atoms with Crippen molar-refractivity contribution in [2.24, 2.45) is 0 Å². The van der Waals surface area contributed by atoms with Gasteiger partial charge in [0.1, 0.15) is 23.4 Å². The normalized spacial score (nSPS) is 18.9. The molecule has 2 N–H and O–H groups in total. The first kappa shape index (κ1) is 36.7. The largest absolute Gasteiger partial charge is 0.459 e. The highest BCUT2D eigenvalue weighted by molar-refractivity contribution is 5.84. The molecule has 2 unspecified atom stereocenters. The molecule has 12 heteroatoms. The molecule has 0 aliphatic carbocycles. The Morgan fingerprint density at radius 3 is 1.92 bits per heavy atom. The van der Waals surface area contributed by atoms with Gasteiger partial charge in [-0.2, -0.15) is 0 Å². The highest BCUT2D eigenvalue weighted by atomic mass is 16.6. The number of likely N-dealkylation sites (tertiary alicyclic amines) is 2. The number of piperidine rings is 1. The summed E-state index contributed by atoms with van der Waals surface area (Å²) >= 11 is 0. The Morgan fingerprint density at radius 2 is 1.31 bits per heavy atom. The van der Waals surface area contributed by atoms with E-state index in [2.05, 4.69) is 15.5 Å². The van der Waals surface area contributed by atoms with Gasteiger partial charge in [-0.15, -0.1) is 0 Å². The maximum atomic E-state index is 13.5. The van der Waals surface area contributed by atoms with Crippen molar-refractivity contribution in [3.05, 3.63) is 71.3 Å². The van der Waals surface area contributed by atoms with Crippen LogP contribution >= 0.6 is 0 Å². The van der Waals surface area contributed by atoms with Crippen molar-refractivity contribution in [2.75, 3.05) is 40.3 Å². The summed E-state index contributed by atoms with van der Waals surface area (Å²) in [5, 5.41) is 5.38. The Labute approximate surface area is 283 Å². The molecule has 2 aromatic rings. The second-order valence-electron chi connectivity index (χ2n) is 14.4. The lowest BCUT2D eigenvalue weighted by molar-refractivity contribution is -0.159. The molecule has 0 radical (unpaired) electrons. The van der Waals surface area contributed by atoms with E-state index in [0.29, 0.717) is 30.8 Å². The minimum Gasteiger partial charge on any atom is -0.459 e. The Morgan fingerprint density at radius 1 is 0.750 bits per heavy atom. The molecular formula is C36H50N4O8. The SMILES string of the molecule is CN1CC(OC(=O)C(NC(=O)OC(C)(C)Cc2cccc(C(NC(=O)OC(C)(C)C)C(=O)O[C@@H]3CCCN(C)C3)c2)c2ccccc2)C1. The van der Waals surface area contributed by atoms with Crippen molar-refractivity contribution in [1.82, 2.24) is 20.4 Å². The van der Waals surface area contributed by atoms with Crippen molar-refractivity contribution < 1.29 is 38.1 Å². The zero-order valence-corrected chi connectivity index (χ0v) is 29.1. The van der Waals surface area contributed by atoms with E-state index in [1.165, 1.54) is 0 Å². The van der Waals surface area contributed by atoms with Gasteiger partial charge in [-0.25, -0.2) is 19.2 Å². The maximum absolute atomic E-state index is 13.5. The quantitative estimate of drug-likeness (QED) is 0.260. The van der Waals surface area contributed by atoms with E-state index in [-0.39, 0.29) is 18.6 Å². The van der Waals surface area contributed by atoms with Crippen LogP contribution in [0.2, 0.25) is 0 Å². The van der Waals surface area contributed by atoms with Crippen LogP contribution in [-0.2, 0) is 35.0 Å². The van der Waals surface area contributed by atoms with E-state index in [4.69, 9.17) is 18.9 Å². The number of amides is 2. The smallest absolute Gasteiger partial charge is 0.408 e. The molecule has 0 aromatic heterocycles. The first-order chi connectivity index (χ1) is 22.6. The fraction of sp³-hybridized carbons (Fsp3) is 0.556. The number of rotatable bonds is 11. The second kappa shape index (κ2) is 15.8. The fourth-order valence-electron chi connectivity index (χ4n) is 5.83. The fourth-order valence-corrected chi connectivity index (χ4v) is 5.83. The number of nitrogens with zero attached hydrogens (tertiary/aromatic N) is 2. The number of nitrogens with one attached hydrogen (secondary N) is 2. The minimum absolute atomic E-state index is 0.231. The molecule has 2 amide bonds. The standard InChI is InChI=1S/C36H50N4O8/c1-35(2,3)47-33(43)38-30(32(42)45-27-17-12-18-39(6)21-27)26-16-11-13-24(19-26)20-36(4,5)48-34(44)37-29(25-14-9-8-10-15-25)31(41)46-28-22-40(7)23-28/h8-11,13-16,19,27-30H,12,17-18,20-23H2,1-7H3,(H,37,44)(H,38,43)/t27-,29?,30?/m1/s1. The van der Waals surface area contributed by atoms with Crippen LogP contribution in [0, 0.1) is 0 Å². The molecule has 0 saturated carbocycles. The first-order valence-corrected chi connectivity index (χ1v) is 16.5. The highest BCUT2D eigenvalue weighted by Gasteiger charge is 2.34. The number of carbonyl (C=O) groups excluding carboxylic acids is 4. The molecule has 2 aliphatic rings. The lowest BCUT2D eigenvalue weighted by Crippen LogP contribution is -2.51. The van der Waals surface area contributed by atoms with Gasteiger partial charge in [-0.3, -0.25) is 4.90 Å². The molecule has 2 aliphatic heterocycles. The third-order valence-corrected chi connectivity index (χ3v) is 7.99. The molecule has 3 atom stereocenters. The molecule has 2 heterocycles. The number of esters is 2. The number of hydrogen-bond acceptors (Lipinski definition) is 10. The third-order valence-electron chi connectivity index (χ3n) is 7.99. The van der Waals surface area contributed by atoms with Crippen LogP contribution in [-0.4, -0.2) is 97.6 Å². The van der Waals surface area contributed by atoms with Gasteiger partial charge in [0.25, 0.3) is 0 Å². The van der Waals surface area contributed by atoms with Gasteiger partial charge in [-0.05, 0) is 84.8 Å². The Hall–Kier alpha value is -4.16. The molecular weight excluding hydrogens is 616 g/mol. The summed E-state index contributed by atoms with van der Waals surface area (Å²) in [7, 11) is 3.91. The molecule has 262 valence electrons. The van der Waals surface area contributed by atoms with Crippen LogP contribution in [0.25, 0.3) is 0 Å². The van der Waals surface area contributed by atoms with Crippen LogP contribution in [0.15, 0.2) is 54.6 Å². The van der Waals surface area contributed by atoms with E-state index in [9.17, 15) is 19.2 Å². The molecule has 12 nitrogen and oxygen atoms in total. The summed E-state index contributed by atoms with van der Waals surface area (Å²) in [6.45, 7) is 11.5. The van der Waals surface area contributed by atoms with Crippen LogP contribution in [0.5, 0.6) is 0 Å². The average molecular weight is 667 g/mol. The lowest BCUT2D eigenvalue weighted by atomic mass is 9.95. The van der Waals surface area contributed by atoms with E-state index < -0.39 is 47.4 Å². The monoisotopic (exact) mass is 666 g/mol. The van der Waals surface area contributed by atoms with Gasteiger partial charge in [0.15, 0.2) is 12.1 Å². The summed E-state index contributed by atoms with van der Waals surface area (Å²) < 4.78 is 22.8. The van der Waals surface area contributed by atoms with Crippen molar-refractivity contribution in [2.45, 2.75) is 89.4 Å². The second-order valence-corrected chi connectivity index (χ2v) is 14.4. The van der Waals surface area contributed by atoms with Crippen molar-refractivity contribution in [3.63, 3.8) is 0 Å².